The van der Waals surface area contributed by atoms with Crippen molar-refractivity contribution in [3.63, 3.8) is 0 Å². The molecule has 0 fully saturated rings. The van der Waals surface area contributed by atoms with Crippen LogP contribution in [0, 0.1) is 0 Å². The third-order valence-corrected chi connectivity index (χ3v) is 4.04. The Labute approximate surface area is 144 Å². The van der Waals surface area contributed by atoms with Gasteiger partial charge >= 0.3 is 5.97 Å². The number of carboxylic acids is 1. The van der Waals surface area contributed by atoms with Crippen molar-refractivity contribution in [1.29, 1.82) is 0 Å². The lowest BCUT2D eigenvalue weighted by atomic mass is 10.0. The molecule has 2 N–H and O–H groups in total. The van der Waals surface area contributed by atoms with Crippen molar-refractivity contribution in [3.8, 4) is 0 Å². The van der Waals surface area contributed by atoms with Crippen LogP contribution in [0.15, 0.2) is 30.3 Å². The van der Waals surface area contributed by atoms with E-state index >= 15 is 0 Å². The zero-order valence-corrected chi connectivity index (χ0v) is 14.7. The minimum absolute atomic E-state index is 0.415. The topological polar surface area (TPSA) is 75.6 Å². The highest BCUT2D eigenvalue weighted by molar-refractivity contribution is 5.87. The second-order valence-corrected chi connectivity index (χ2v) is 5.98. The quantitative estimate of drug-likeness (QED) is 0.571. The van der Waals surface area contributed by atoms with Gasteiger partial charge in [0.15, 0.2) is 6.10 Å². The van der Waals surface area contributed by atoms with Gasteiger partial charge in [-0.2, -0.15) is 0 Å². The average Bonchev–Trinajstić information content (AvgIpc) is 2.58. The summed E-state index contributed by atoms with van der Waals surface area (Å²) in [6.07, 6.45) is 6.13. The van der Waals surface area contributed by atoms with Crippen LogP contribution in [0.5, 0.6) is 0 Å². The molecule has 1 rings (SSSR count). The molecule has 0 radical (unpaired) electrons. The number of carboxylic acid groups (broad SMARTS) is 1. The van der Waals surface area contributed by atoms with Gasteiger partial charge in [0, 0.05) is 7.11 Å². The molecule has 0 aliphatic rings. The number of carbonyl (C=O) groups excluding carboxylic acids is 1. The van der Waals surface area contributed by atoms with E-state index < -0.39 is 24.0 Å². The lowest BCUT2D eigenvalue weighted by molar-refractivity contribution is -0.144. The Hall–Kier alpha value is -1.88. The molecule has 5 nitrogen and oxygen atoms in total. The Morgan fingerprint density at radius 1 is 1.08 bits per heavy atom. The number of ether oxygens (including phenoxy) is 1. The second kappa shape index (κ2) is 11.6. The number of amides is 1. The Balaban J connectivity index is 2.51. The van der Waals surface area contributed by atoms with E-state index in [0.29, 0.717) is 12.0 Å². The maximum atomic E-state index is 12.4. The van der Waals surface area contributed by atoms with Crippen molar-refractivity contribution in [1.82, 2.24) is 5.32 Å². The Bertz CT molecular complexity index is 489. The van der Waals surface area contributed by atoms with Crippen molar-refractivity contribution in [2.75, 3.05) is 7.11 Å². The molecule has 2 atom stereocenters. The van der Waals surface area contributed by atoms with E-state index in [2.05, 4.69) is 12.2 Å². The summed E-state index contributed by atoms with van der Waals surface area (Å²) in [5.74, 6) is -1.41. The number of aliphatic carboxylic acids is 1. The maximum absolute atomic E-state index is 12.4. The second-order valence-electron chi connectivity index (χ2n) is 5.98. The van der Waals surface area contributed by atoms with Crippen LogP contribution >= 0.6 is 0 Å². The lowest BCUT2D eigenvalue weighted by Gasteiger charge is -2.19. The predicted octanol–water partition coefficient (Wildman–Crippen LogP) is 3.69. The standard InChI is InChI=1S/C19H29NO4/c1-3-4-5-6-7-11-14-16(19(22)23)20-18(21)17(24-2)15-12-9-8-10-13-15/h8-10,12-13,16-17H,3-7,11,14H2,1-2H3,(H,20,21)(H,22,23)/t16-,17-/m1/s1. The first-order chi connectivity index (χ1) is 11.6. The largest absolute Gasteiger partial charge is 0.480 e. The van der Waals surface area contributed by atoms with Gasteiger partial charge in [-0.3, -0.25) is 4.79 Å². The molecule has 0 heterocycles. The smallest absolute Gasteiger partial charge is 0.326 e. The van der Waals surface area contributed by atoms with Crippen LogP contribution < -0.4 is 5.32 Å². The highest BCUT2D eigenvalue weighted by Crippen LogP contribution is 2.17. The van der Waals surface area contributed by atoms with E-state index in [1.807, 2.05) is 18.2 Å². The monoisotopic (exact) mass is 335 g/mol. The van der Waals surface area contributed by atoms with Gasteiger partial charge in [-0.25, -0.2) is 4.79 Å². The Morgan fingerprint density at radius 3 is 2.29 bits per heavy atom. The molecule has 0 saturated heterocycles. The van der Waals surface area contributed by atoms with E-state index in [9.17, 15) is 14.7 Å². The van der Waals surface area contributed by atoms with Crippen molar-refractivity contribution in [3.05, 3.63) is 35.9 Å². The number of benzene rings is 1. The zero-order valence-electron chi connectivity index (χ0n) is 14.7. The number of unbranched alkanes of at least 4 members (excludes halogenated alkanes) is 5. The fraction of sp³-hybridized carbons (Fsp3) is 0.579. The van der Waals surface area contributed by atoms with Crippen molar-refractivity contribution in [2.24, 2.45) is 0 Å². The Morgan fingerprint density at radius 2 is 1.71 bits per heavy atom. The summed E-state index contributed by atoms with van der Waals surface area (Å²) in [7, 11) is 1.45. The van der Waals surface area contributed by atoms with E-state index in [1.54, 1.807) is 12.1 Å². The van der Waals surface area contributed by atoms with Crippen LogP contribution in [-0.4, -0.2) is 30.1 Å². The molecule has 134 valence electrons. The fourth-order valence-corrected chi connectivity index (χ4v) is 2.66. The van der Waals surface area contributed by atoms with Crippen molar-refractivity contribution >= 4 is 11.9 Å². The fourth-order valence-electron chi connectivity index (χ4n) is 2.66. The number of methoxy groups -OCH3 is 1. The molecule has 5 heteroatoms. The minimum Gasteiger partial charge on any atom is -0.480 e. The summed E-state index contributed by atoms with van der Waals surface area (Å²) in [5.41, 5.74) is 0.709. The van der Waals surface area contributed by atoms with Gasteiger partial charge in [-0.15, -0.1) is 0 Å². The summed E-state index contributed by atoms with van der Waals surface area (Å²) in [6.45, 7) is 2.16. The summed E-state index contributed by atoms with van der Waals surface area (Å²) in [5, 5.41) is 11.9. The summed E-state index contributed by atoms with van der Waals surface area (Å²) >= 11 is 0. The summed E-state index contributed by atoms with van der Waals surface area (Å²) < 4.78 is 5.24. The zero-order chi connectivity index (χ0) is 17.8. The van der Waals surface area contributed by atoms with Gasteiger partial charge in [-0.05, 0) is 12.0 Å². The highest BCUT2D eigenvalue weighted by atomic mass is 16.5. The molecule has 0 aliphatic heterocycles. The first-order valence-corrected chi connectivity index (χ1v) is 8.71. The van der Waals surface area contributed by atoms with Crippen LogP contribution in [0.25, 0.3) is 0 Å². The molecule has 1 aromatic carbocycles. The van der Waals surface area contributed by atoms with Gasteiger partial charge in [0.25, 0.3) is 5.91 Å². The van der Waals surface area contributed by atoms with E-state index in [0.717, 1.165) is 19.3 Å². The van der Waals surface area contributed by atoms with Crippen LogP contribution in [0.1, 0.15) is 63.5 Å². The van der Waals surface area contributed by atoms with Gasteiger partial charge in [-0.1, -0.05) is 75.8 Å². The van der Waals surface area contributed by atoms with Gasteiger partial charge in [0.05, 0.1) is 0 Å². The normalized spacial score (nSPS) is 13.2. The third kappa shape index (κ3) is 7.13. The minimum atomic E-state index is -1.00. The summed E-state index contributed by atoms with van der Waals surface area (Å²) in [6, 6.07) is 8.20. The first-order valence-electron chi connectivity index (χ1n) is 8.71. The molecule has 1 aromatic rings. The first kappa shape index (κ1) is 20.2. The number of rotatable bonds is 12. The number of hydrogen-bond donors (Lipinski definition) is 2. The van der Waals surface area contributed by atoms with E-state index in [1.165, 1.54) is 26.4 Å². The number of carbonyl (C=O) groups is 2. The molecule has 24 heavy (non-hydrogen) atoms. The van der Waals surface area contributed by atoms with Gasteiger partial charge < -0.3 is 15.2 Å². The van der Waals surface area contributed by atoms with Gasteiger partial charge in [0.2, 0.25) is 0 Å². The molecule has 0 aliphatic carbocycles. The molecule has 0 saturated carbocycles. The van der Waals surface area contributed by atoms with Crippen LogP contribution in [0.3, 0.4) is 0 Å². The SMILES string of the molecule is CCCCCCCC[C@@H](NC(=O)[C@H](OC)c1ccccc1)C(=O)O. The van der Waals surface area contributed by atoms with Gasteiger partial charge in [0.1, 0.15) is 6.04 Å². The van der Waals surface area contributed by atoms with E-state index in [4.69, 9.17) is 4.74 Å². The molecule has 0 aromatic heterocycles. The van der Waals surface area contributed by atoms with Crippen molar-refractivity contribution < 1.29 is 19.4 Å². The Kier molecular flexibility index (Phi) is 9.77. The molecular weight excluding hydrogens is 306 g/mol. The third-order valence-electron chi connectivity index (χ3n) is 4.04. The molecular formula is C19H29NO4. The lowest BCUT2D eigenvalue weighted by Crippen LogP contribution is -2.43. The molecule has 0 spiro atoms. The highest BCUT2D eigenvalue weighted by Gasteiger charge is 2.25. The van der Waals surface area contributed by atoms with Crippen LogP contribution in [0.4, 0.5) is 0 Å². The molecule has 0 unspecified atom stereocenters. The molecule has 1 amide bonds. The van der Waals surface area contributed by atoms with Crippen molar-refractivity contribution in [2.45, 2.75) is 64.0 Å². The molecule has 0 bridgehead atoms. The van der Waals surface area contributed by atoms with Crippen LogP contribution in [-0.2, 0) is 14.3 Å². The predicted molar refractivity (Wildman–Crippen MR) is 93.8 cm³/mol. The average molecular weight is 335 g/mol. The van der Waals surface area contributed by atoms with Crippen LogP contribution in [0.2, 0.25) is 0 Å². The number of nitrogens with one attached hydrogen (secondary N) is 1. The maximum Gasteiger partial charge on any atom is 0.326 e. The number of hydrogen-bond acceptors (Lipinski definition) is 3. The van der Waals surface area contributed by atoms with E-state index in [-0.39, 0.29) is 0 Å². The summed E-state index contributed by atoms with van der Waals surface area (Å²) in [4.78, 5) is 23.8.